The molecule has 0 saturated carbocycles. The molecule has 0 aromatic carbocycles. The van der Waals surface area contributed by atoms with Crippen molar-refractivity contribution in [2.24, 2.45) is 0 Å². The molecule has 4 aliphatic rings. The van der Waals surface area contributed by atoms with E-state index in [2.05, 4.69) is 13.1 Å². The summed E-state index contributed by atoms with van der Waals surface area (Å²) in [6.45, 7) is 6.12. The van der Waals surface area contributed by atoms with E-state index >= 15 is 0 Å². The first kappa shape index (κ1) is 20.2. The first-order valence-electron chi connectivity index (χ1n) is 12.6. The van der Waals surface area contributed by atoms with Gasteiger partial charge < -0.3 is 0 Å². The van der Waals surface area contributed by atoms with Gasteiger partial charge in [-0.1, -0.05) is 138 Å². The number of hydrogen-bond acceptors (Lipinski definition) is 0. The van der Waals surface area contributed by atoms with Crippen LogP contribution in [-0.4, -0.2) is 29.4 Å². The molecule has 0 unspecified atom stereocenters. The molecule has 0 aliphatic carbocycles. The van der Waals surface area contributed by atoms with Crippen molar-refractivity contribution in [1.82, 2.24) is 0 Å². The van der Waals surface area contributed by atoms with Crippen LogP contribution in [0.4, 0.5) is 0 Å². The molecule has 4 heteroatoms. The van der Waals surface area contributed by atoms with Gasteiger partial charge in [0, 0.05) is 29.4 Å². The highest BCUT2D eigenvalue weighted by Crippen LogP contribution is 2.57. The lowest BCUT2D eigenvalue weighted by Crippen LogP contribution is -2.84. The first-order chi connectivity index (χ1) is 12.6. The molecule has 4 fully saturated rings. The van der Waals surface area contributed by atoms with E-state index in [-0.39, 0.29) is 0 Å². The van der Waals surface area contributed by atoms with E-state index in [0.29, 0.717) is 0 Å². The van der Waals surface area contributed by atoms with Gasteiger partial charge in [-0.2, -0.15) is 0 Å². The molecule has 0 amide bonds. The molecule has 0 aromatic heterocycles. The molecule has 0 N–H and O–H groups in total. The molecular formula is C22H46Si4. The van der Waals surface area contributed by atoms with Crippen molar-refractivity contribution in [3.63, 3.8) is 0 Å². The summed E-state index contributed by atoms with van der Waals surface area (Å²) in [7, 11) is -3.94. The summed E-state index contributed by atoms with van der Waals surface area (Å²) in [6.07, 6.45) is 19.9. The maximum atomic E-state index is 3.06. The molecule has 150 valence electrons. The van der Waals surface area contributed by atoms with Crippen LogP contribution in [0.3, 0.4) is 0 Å². The first-order valence-corrected chi connectivity index (χ1v) is 26.2. The summed E-state index contributed by atoms with van der Waals surface area (Å²) in [5.41, 5.74) is 0. The minimum absolute atomic E-state index is 0.965. The van der Waals surface area contributed by atoms with Crippen molar-refractivity contribution in [2.45, 2.75) is 138 Å². The Labute approximate surface area is 167 Å². The largest absolute Gasteiger partial charge is 0.0713 e. The Morgan fingerprint density at radius 3 is 0.808 bits per heavy atom. The van der Waals surface area contributed by atoms with Gasteiger partial charge in [-0.25, -0.2) is 0 Å². The van der Waals surface area contributed by atoms with Gasteiger partial charge in [0.15, 0.2) is 0 Å². The third-order valence-electron chi connectivity index (χ3n) is 10.6. The quantitative estimate of drug-likeness (QED) is 0.375. The second-order valence-electron chi connectivity index (χ2n) is 11.5. The van der Waals surface area contributed by atoms with Crippen LogP contribution in [0.1, 0.15) is 77.0 Å². The average Bonchev–Trinajstić information content (AvgIpc) is 3.02. The van der Waals surface area contributed by atoms with E-state index in [1.807, 2.05) is 24.2 Å². The third kappa shape index (κ3) is 3.08. The predicted molar refractivity (Wildman–Crippen MR) is 129 cm³/mol. The van der Waals surface area contributed by atoms with Crippen molar-refractivity contribution in [3.8, 4) is 0 Å². The molecule has 0 bridgehead atoms. The smallest absolute Gasteiger partial charge is 0.0420 e. The molecule has 4 aliphatic heterocycles. The second-order valence-corrected chi connectivity index (χ2v) is 47.8. The van der Waals surface area contributed by atoms with Crippen LogP contribution in [0.2, 0.25) is 61.4 Å². The molecule has 0 aromatic rings. The number of hydrogen-bond donors (Lipinski definition) is 0. The van der Waals surface area contributed by atoms with Gasteiger partial charge in [-0.15, -0.1) is 0 Å². The Balaban J connectivity index is 1.89. The standard InChI is InChI=1S/C22H46Si4/c1-23-15-7-3-11-19-25(23,20-12-4-8-16-23)26-21-13-5-9-17-24(26,2)18-10-6-14-22-26/h3-22H2,1-2H3. The maximum Gasteiger partial charge on any atom is 0.0420 e. The lowest BCUT2D eigenvalue weighted by molar-refractivity contribution is 0.737. The minimum Gasteiger partial charge on any atom is -0.0713 e. The maximum absolute atomic E-state index is 3.06. The highest BCUT2D eigenvalue weighted by atomic mass is 29.8. The molecule has 26 heavy (non-hydrogen) atoms. The predicted octanol–water partition coefficient (Wildman–Crippen LogP) is 8.01. The van der Waals surface area contributed by atoms with Gasteiger partial charge in [-0.05, 0) is 0 Å². The molecule has 0 radical (unpaired) electrons. The van der Waals surface area contributed by atoms with E-state index < -0.39 is 29.4 Å². The zero-order valence-electron chi connectivity index (χ0n) is 18.1. The summed E-state index contributed by atoms with van der Waals surface area (Å²) in [4.78, 5) is 0. The van der Waals surface area contributed by atoms with Crippen LogP contribution in [0.25, 0.3) is 0 Å². The van der Waals surface area contributed by atoms with E-state index in [1.165, 1.54) is 0 Å². The zero-order chi connectivity index (χ0) is 18.1. The topological polar surface area (TPSA) is 0 Å². The van der Waals surface area contributed by atoms with Crippen LogP contribution in [-0.2, 0) is 0 Å². The number of fused-ring (bicyclic) bond motifs is 3. The Morgan fingerprint density at radius 1 is 0.308 bits per heavy atom. The van der Waals surface area contributed by atoms with Gasteiger partial charge in [0.05, 0.1) is 0 Å². The van der Waals surface area contributed by atoms with E-state index in [9.17, 15) is 0 Å². The monoisotopic (exact) mass is 422 g/mol. The average molecular weight is 423 g/mol. The Kier molecular flexibility index (Phi) is 6.16. The summed E-state index contributed by atoms with van der Waals surface area (Å²) in [6, 6.07) is 14.7. The Hall–Kier alpha value is 0.868. The highest BCUT2D eigenvalue weighted by Gasteiger charge is 2.68. The van der Waals surface area contributed by atoms with Crippen molar-refractivity contribution in [2.75, 3.05) is 0 Å². The van der Waals surface area contributed by atoms with Crippen molar-refractivity contribution < 1.29 is 0 Å². The normalized spacial score (nSPS) is 48.2. The lowest BCUT2D eigenvalue weighted by Gasteiger charge is -2.62. The van der Waals surface area contributed by atoms with Gasteiger partial charge in [-0.3, -0.25) is 0 Å². The Morgan fingerprint density at radius 2 is 0.538 bits per heavy atom. The van der Waals surface area contributed by atoms with Crippen molar-refractivity contribution in [3.05, 3.63) is 0 Å². The van der Waals surface area contributed by atoms with Crippen molar-refractivity contribution in [1.29, 1.82) is 0 Å². The van der Waals surface area contributed by atoms with E-state index in [1.54, 1.807) is 101 Å². The van der Waals surface area contributed by atoms with Gasteiger partial charge in [0.1, 0.15) is 0 Å². The molecule has 4 rings (SSSR count). The van der Waals surface area contributed by atoms with Crippen LogP contribution >= 0.6 is 0 Å². The molecular weight excluding hydrogens is 377 g/mol. The molecule has 0 spiro atoms. The lowest BCUT2D eigenvalue weighted by atomic mass is 10.3. The van der Waals surface area contributed by atoms with Crippen LogP contribution in [0, 0.1) is 0 Å². The Bertz CT molecular complexity index is 417. The van der Waals surface area contributed by atoms with Gasteiger partial charge >= 0.3 is 0 Å². The highest BCUT2D eigenvalue weighted by molar-refractivity contribution is 7.84. The summed E-state index contributed by atoms with van der Waals surface area (Å²) in [5.74, 6) is 0. The van der Waals surface area contributed by atoms with Crippen LogP contribution < -0.4 is 0 Å². The SMILES string of the molecule is C[Si]12CCCCC[Si]1([Si]13CCCCC[Si]1(C)CCCCC3)CCCCC2. The summed E-state index contributed by atoms with van der Waals surface area (Å²) in [5, 5.41) is 0. The number of rotatable bonds is 1. The third-order valence-corrected chi connectivity index (χ3v) is 77.8. The molecule has 4 heterocycles. The van der Waals surface area contributed by atoms with Gasteiger partial charge in [0.2, 0.25) is 0 Å². The molecule has 0 atom stereocenters. The summed E-state index contributed by atoms with van der Waals surface area (Å²) < 4.78 is 0. The fourth-order valence-corrected chi connectivity index (χ4v) is 104. The van der Waals surface area contributed by atoms with Crippen LogP contribution in [0.5, 0.6) is 0 Å². The molecule has 4 saturated heterocycles. The van der Waals surface area contributed by atoms with Crippen LogP contribution in [0.15, 0.2) is 0 Å². The zero-order valence-corrected chi connectivity index (χ0v) is 22.1. The van der Waals surface area contributed by atoms with Crippen molar-refractivity contribution >= 4 is 29.4 Å². The second kappa shape index (κ2) is 7.95. The fraction of sp³-hybridized carbons (Fsp3) is 1.00. The van der Waals surface area contributed by atoms with Gasteiger partial charge in [0.25, 0.3) is 0 Å². The minimum atomic E-state index is -1.00. The fourth-order valence-electron chi connectivity index (χ4n) is 9.25. The van der Waals surface area contributed by atoms with E-state index in [4.69, 9.17) is 0 Å². The molecule has 0 nitrogen and oxygen atoms in total. The summed E-state index contributed by atoms with van der Waals surface area (Å²) >= 11 is 0. The van der Waals surface area contributed by atoms with E-state index in [0.717, 1.165) is 0 Å².